The van der Waals surface area contributed by atoms with Gasteiger partial charge in [-0.25, -0.2) is 0 Å². The van der Waals surface area contributed by atoms with Crippen LogP contribution in [0.4, 0.5) is 5.82 Å². The maximum atomic E-state index is 6.01. The third kappa shape index (κ3) is 4.78. The maximum Gasteiger partial charge on any atom is 0.270 e. The summed E-state index contributed by atoms with van der Waals surface area (Å²) in [6, 6.07) is 8.80. The predicted octanol–water partition coefficient (Wildman–Crippen LogP) is 2.51. The standard InChI is InChI=1S/C20H29N5OS/c1-23-9-4-11-25(14-13-23)19-20(22-27-21-19)26-15-5-10-24-12-8-17-6-2-3-7-18(17)16-24/h2-3,6-7H,4-5,8-16H2,1H3. The maximum absolute atomic E-state index is 6.01. The van der Waals surface area contributed by atoms with Gasteiger partial charge in [0.15, 0.2) is 0 Å². The summed E-state index contributed by atoms with van der Waals surface area (Å²) in [5.41, 5.74) is 2.98. The van der Waals surface area contributed by atoms with Gasteiger partial charge in [0.25, 0.3) is 5.88 Å². The Labute approximate surface area is 166 Å². The van der Waals surface area contributed by atoms with Crippen LogP contribution in [0, 0.1) is 0 Å². The van der Waals surface area contributed by atoms with Crippen molar-refractivity contribution in [1.82, 2.24) is 18.5 Å². The molecule has 0 aliphatic carbocycles. The van der Waals surface area contributed by atoms with Crippen molar-refractivity contribution >= 4 is 17.5 Å². The molecule has 0 unspecified atom stereocenters. The first kappa shape index (κ1) is 18.7. The van der Waals surface area contributed by atoms with Gasteiger partial charge in [-0.1, -0.05) is 24.3 Å². The topological polar surface area (TPSA) is 44.7 Å². The van der Waals surface area contributed by atoms with Crippen molar-refractivity contribution < 1.29 is 4.74 Å². The van der Waals surface area contributed by atoms with Crippen LogP contribution in [0.3, 0.4) is 0 Å². The number of nitrogens with zero attached hydrogens (tertiary/aromatic N) is 5. The van der Waals surface area contributed by atoms with Gasteiger partial charge in [-0.2, -0.15) is 4.37 Å². The second-order valence-corrected chi connectivity index (χ2v) is 8.06. The molecule has 0 amide bonds. The molecule has 1 aromatic heterocycles. The van der Waals surface area contributed by atoms with E-state index in [4.69, 9.17) is 4.74 Å². The van der Waals surface area contributed by atoms with Crippen LogP contribution < -0.4 is 9.64 Å². The molecule has 4 rings (SSSR count). The molecule has 146 valence electrons. The molecule has 2 aromatic rings. The second kappa shape index (κ2) is 8.99. The van der Waals surface area contributed by atoms with Crippen LogP contribution in [-0.4, -0.2) is 71.5 Å². The lowest BCUT2D eigenvalue weighted by Crippen LogP contribution is -2.32. The SMILES string of the molecule is CN1CCCN(c2nsnc2OCCCN2CCc3ccccc3C2)CC1. The fourth-order valence-corrected chi connectivity index (χ4v) is 4.44. The predicted molar refractivity (Wildman–Crippen MR) is 110 cm³/mol. The molecule has 0 atom stereocenters. The van der Waals surface area contributed by atoms with Crippen molar-refractivity contribution in [2.75, 3.05) is 57.8 Å². The highest BCUT2D eigenvalue weighted by Crippen LogP contribution is 2.26. The van der Waals surface area contributed by atoms with E-state index < -0.39 is 0 Å². The van der Waals surface area contributed by atoms with Crippen LogP contribution in [0.2, 0.25) is 0 Å². The van der Waals surface area contributed by atoms with Gasteiger partial charge in [-0.15, -0.1) is 4.37 Å². The average molecular weight is 388 g/mol. The van der Waals surface area contributed by atoms with E-state index in [1.54, 1.807) is 0 Å². The largest absolute Gasteiger partial charge is 0.474 e. The van der Waals surface area contributed by atoms with Crippen molar-refractivity contribution in [3.8, 4) is 5.88 Å². The van der Waals surface area contributed by atoms with E-state index in [1.807, 2.05) is 0 Å². The zero-order chi connectivity index (χ0) is 18.5. The van der Waals surface area contributed by atoms with E-state index in [1.165, 1.54) is 22.9 Å². The molecule has 1 aromatic carbocycles. The summed E-state index contributed by atoms with van der Waals surface area (Å²) in [5.74, 6) is 1.65. The van der Waals surface area contributed by atoms with Crippen molar-refractivity contribution in [3.05, 3.63) is 35.4 Å². The molecule has 7 heteroatoms. The van der Waals surface area contributed by atoms with Crippen LogP contribution >= 0.6 is 11.7 Å². The van der Waals surface area contributed by atoms with E-state index >= 15 is 0 Å². The third-order valence-electron chi connectivity index (χ3n) is 5.53. The summed E-state index contributed by atoms with van der Waals surface area (Å²) in [6.07, 6.45) is 3.33. The van der Waals surface area contributed by atoms with E-state index in [2.05, 4.69) is 54.8 Å². The zero-order valence-electron chi connectivity index (χ0n) is 16.1. The number of aromatic nitrogens is 2. The average Bonchev–Trinajstić information content (AvgIpc) is 3.05. The van der Waals surface area contributed by atoms with E-state index in [9.17, 15) is 0 Å². The van der Waals surface area contributed by atoms with Crippen LogP contribution in [0.5, 0.6) is 5.88 Å². The highest BCUT2D eigenvalue weighted by molar-refractivity contribution is 6.99. The second-order valence-electron chi connectivity index (χ2n) is 7.53. The van der Waals surface area contributed by atoms with Crippen LogP contribution in [0.15, 0.2) is 24.3 Å². The molecule has 2 aliphatic heterocycles. The van der Waals surface area contributed by atoms with E-state index in [-0.39, 0.29) is 0 Å². The highest BCUT2D eigenvalue weighted by Gasteiger charge is 2.20. The summed E-state index contributed by atoms with van der Waals surface area (Å²) in [6.45, 7) is 8.18. The quantitative estimate of drug-likeness (QED) is 0.710. The monoisotopic (exact) mass is 387 g/mol. The molecule has 3 heterocycles. The minimum atomic E-state index is 0.699. The fraction of sp³-hybridized carbons (Fsp3) is 0.600. The minimum Gasteiger partial charge on any atom is -0.474 e. The summed E-state index contributed by atoms with van der Waals surface area (Å²) < 4.78 is 14.9. The number of hydrogen-bond donors (Lipinski definition) is 0. The molecule has 0 N–H and O–H groups in total. The first-order valence-electron chi connectivity index (χ1n) is 9.97. The van der Waals surface area contributed by atoms with E-state index in [0.29, 0.717) is 12.5 Å². The Balaban J connectivity index is 1.24. The van der Waals surface area contributed by atoms with E-state index in [0.717, 1.165) is 70.9 Å². The van der Waals surface area contributed by atoms with Gasteiger partial charge in [-0.05, 0) is 44.0 Å². The lowest BCUT2D eigenvalue weighted by molar-refractivity contribution is 0.219. The van der Waals surface area contributed by atoms with Gasteiger partial charge in [0.2, 0.25) is 5.82 Å². The van der Waals surface area contributed by atoms with Crippen molar-refractivity contribution in [1.29, 1.82) is 0 Å². The Bertz CT molecular complexity index is 737. The Morgan fingerprint density at radius 1 is 1.04 bits per heavy atom. The lowest BCUT2D eigenvalue weighted by atomic mass is 10.00. The molecular formula is C20H29N5OS. The first-order chi connectivity index (χ1) is 13.3. The molecule has 0 spiro atoms. The summed E-state index contributed by atoms with van der Waals surface area (Å²) >= 11 is 1.26. The third-order valence-corrected chi connectivity index (χ3v) is 6.03. The van der Waals surface area contributed by atoms with Crippen LogP contribution in [0.25, 0.3) is 0 Å². The highest BCUT2D eigenvalue weighted by atomic mass is 32.1. The molecule has 6 nitrogen and oxygen atoms in total. The fourth-order valence-electron chi connectivity index (χ4n) is 3.92. The molecule has 0 bridgehead atoms. The van der Waals surface area contributed by atoms with Gasteiger partial charge >= 0.3 is 0 Å². The van der Waals surface area contributed by atoms with Crippen molar-refractivity contribution in [3.63, 3.8) is 0 Å². The van der Waals surface area contributed by atoms with Gasteiger partial charge in [0.05, 0.1) is 18.3 Å². The Hall–Kier alpha value is -1.70. The lowest BCUT2D eigenvalue weighted by Gasteiger charge is -2.28. The molecule has 0 saturated carbocycles. The summed E-state index contributed by atoms with van der Waals surface area (Å²) in [5, 5.41) is 0. The molecule has 27 heavy (non-hydrogen) atoms. The Kier molecular flexibility index (Phi) is 6.21. The number of likely N-dealkylation sites (N-methyl/N-ethyl adjacent to an activating group) is 1. The number of anilines is 1. The summed E-state index contributed by atoms with van der Waals surface area (Å²) in [4.78, 5) is 7.22. The van der Waals surface area contributed by atoms with Gasteiger partial charge < -0.3 is 14.5 Å². The van der Waals surface area contributed by atoms with Crippen LogP contribution in [-0.2, 0) is 13.0 Å². The number of fused-ring (bicyclic) bond motifs is 1. The Morgan fingerprint density at radius 2 is 1.93 bits per heavy atom. The minimum absolute atomic E-state index is 0.699. The van der Waals surface area contributed by atoms with Crippen molar-refractivity contribution in [2.24, 2.45) is 0 Å². The van der Waals surface area contributed by atoms with Crippen LogP contribution in [0.1, 0.15) is 24.0 Å². The number of hydrogen-bond acceptors (Lipinski definition) is 7. The van der Waals surface area contributed by atoms with Gasteiger partial charge in [0.1, 0.15) is 0 Å². The smallest absolute Gasteiger partial charge is 0.270 e. The molecule has 1 saturated heterocycles. The first-order valence-corrected chi connectivity index (χ1v) is 10.7. The number of rotatable bonds is 6. The Morgan fingerprint density at radius 3 is 2.85 bits per heavy atom. The normalized spacial score (nSPS) is 18.9. The molecule has 2 aliphatic rings. The van der Waals surface area contributed by atoms with Gasteiger partial charge in [-0.3, -0.25) is 4.90 Å². The summed E-state index contributed by atoms with van der Waals surface area (Å²) in [7, 11) is 2.18. The number of ether oxygens (including phenoxy) is 1. The zero-order valence-corrected chi connectivity index (χ0v) is 17.0. The van der Waals surface area contributed by atoms with Crippen molar-refractivity contribution in [2.45, 2.75) is 25.8 Å². The number of benzene rings is 1. The van der Waals surface area contributed by atoms with Gasteiger partial charge in [0, 0.05) is 39.3 Å². The molecule has 1 fully saturated rings. The molecular weight excluding hydrogens is 358 g/mol. The molecule has 0 radical (unpaired) electrons.